The summed E-state index contributed by atoms with van der Waals surface area (Å²) < 4.78 is 0. The largest absolute Gasteiger partial charge is 0.395 e. The minimum absolute atomic E-state index is 0.159. The van der Waals surface area contributed by atoms with Gasteiger partial charge in [-0.2, -0.15) is 0 Å². The number of benzene rings is 2. The molecule has 0 aliphatic carbocycles. The first-order valence-electron chi connectivity index (χ1n) is 8.59. The summed E-state index contributed by atoms with van der Waals surface area (Å²) >= 11 is 7.86. The Labute approximate surface area is 157 Å². The van der Waals surface area contributed by atoms with Gasteiger partial charge in [0.25, 0.3) is 0 Å². The first-order chi connectivity index (χ1) is 12.1. The van der Waals surface area contributed by atoms with E-state index in [1.807, 2.05) is 30.3 Å². The van der Waals surface area contributed by atoms with Crippen LogP contribution in [0.15, 0.2) is 52.3 Å². The first kappa shape index (κ1) is 17.1. The average Bonchev–Trinajstić information content (AvgIpc) is 2.72. The number of piperidine rings is 1. The maximum absolute atomic E-state index is 13.7. The Kier molecular flexibility index (Phi) is 4.63. The molecule has 0 saturated carbocycles. The Bertz CT molecular complexity index is 815. The lowest BCUT2D eigenvalue weighted by atomic mass is 9.68. The summed E-state index contributed by atoms with van der Waals surface area (Å²) in [6, 6.07) is 13.9. The second kappa shape index (κ2) is 6.76. The maximum Gasteiger partial charge on any atom is 0.174 e. The third kappa shape index (κ3) is 2.91. The van der Waals surface area contributed by atoms with Gasteiger partial charge in [-0.3, -0.25) is 4.79 Å². The molecule has 1 saturated heterocycles. The fraction of sp³-hybridized carbons (Fsp3) is 0.350. The van der Waals surface area contributed by atoms with E-state index in [1.165, 1.54) is 0 Å². The van der Waals surface area contributed by atoms with Crippen molar-refractivity contribution in [1.29, 1.82) is 0 Å². The molecule has 3 nitrogen and oxygen atoms in total. The maximum atomic E-state index is 13.7. The average molecular weight is 374 g/mol. The van der Waals surface area contributed by atoms with Gasteiger partial charge in [-0.25, -0.2) is 0 Å². The number of ketones is 1. The standard InChI is InChI=1S/C20H20ClNO2S/c21-14-5-6-17-15(13-14)19(24)20(7-9-22(10-8-20)11-12-23)16-3-1-2-4-18(16)25-17/h1-6,13,23H,7-12H2. The monoisotopic (exact) mass is 373 g/mol. The predicted molar refractivity (Wildman–Crippen MR) is 101 cm³/mol. The number of hydrogen-bond acceptors (Lipinski definition) is 4. The highest BCUT2D eigenvalue weighted by molar-refractivity contribution is 7.99. The number of halogens is 1. The SMILES string of the molecule is O=C1c2cc(Cl)ccc2Sc2ccccc2C12CCN(CCO)CC2. The number of likely N-dealkylation sites (tertiary alicyclic amines) is 1. The first-order valence-corrected chi connectivity index (χ1v) is 9.78. The summed E-state index contributed by atoms with van der Waals surface area (Å²) in [6.07, 6.45) is 1.55. The van der Waals surface area contributed by atoms with Gasteiger partial charge in [-0.15, -0.1) is 0 Å². The fourth-order valence-corrected chi connectivity index (χ4v) is 5.34. The molecule has 2 aromatic carbocycles. The van der Waals surface area contributed by atoms with Crippen LogP contribution in [-0.2, 0) is 5.41 Å². The number of β-amino-alcohol motifs (C(OH)–C–C–N with tert-alkyl or cyclic N) is 1. The molecule has 0 bridgehead atoms. The van der Waals surface area contributed by atoms with Crippen molar-refractivity contribution in [3.05, 3.63) is 58.6 Å². The zero-order valence-corrected chi connectivity index (χ0v) is 15.4. The third-order valence-corrected chi connectivity index (χ3v) is 6.76. The molecule has 2 aliphatic heterocycles. The van der Waals surface area contributed by atoms with Gasteiger partial charge in [-0.1, -0.05) is 41.6 Å². The van der Waals surface area contributed by atoms with Crippen LogP contribution in [0.1, 0.15) is 28.8 Å². The molecule has 2 aliphatic rings. The van der Waals surface area contributed by atoms with Gasteiger partial charge in [0.1, 0.15) is 0 Å². The van der Waals surface area contributed by atoms with E-state index in [1.54, 1.807) is 11.8 Å². The van der Waals surface area contributed by atoms with Gasteiger partial charge in [0.2, 0.25) is 0 Å². The van der Waals surface area contributed by atoms with Crippen LogP contribution < -0.4 is 0 Å². The van der Waals surface area contributed by atoms with Crippen molar-refractivity contribution in [2.24, 2.45) is 0 Å². The summed E-state index contributed by atoms with van der Waals surface area (Å²) in [5.41, 5.74) is 1.39. The molecule has 0 amide bonds. The molecule has 4 rings (SSSR count). The molecule has 0 radical (unpaired) electrons. The smallest absolute Gasteiger partial charge is 0.174 e. The highest BCUT2D eigenvalue weighted by Gasteiger charge is 2.46. The van der Waals surface area contributed by atoms with E-state index < -0.39 is 5.41 Å². The predicted octanol–water partition coefficient (Wildman–Crippen LogP) is 4.01. The van der Waals surface area contributed by atoms with Gasteiger partial charge >= 0.3 is 0 Å². The quantitative estimate of drug-likeness (QED) is 0.863. The molecule has 5 heteroatoms. The number of hydrogen-bond donors (Lipinski definition) is 1. The van der Waals surface area contributed by atoms with Crippen LogP contribution in [0.5, 0.6) is 0 Å². The van der Waals surface area contributed by atoms with Crippen LogP contribution in [-0.4, -0.2) is 42.0 Å². The van der Waals surface area contributed by atoms with E-state index in [0.717, 1.165) is 46.8 Å². The molecule has 0 unspecified atom stereocenters. The Morgan fingerprint density at radius 2 is 1.88 bits per heavy atom. The van der Waals surface area contributed by atoms with Crippen molar-refractivity contribution in [3.8, 4) is 0 Å². The second-order valence-electron chi connectivity index (χ2n) is 6.72. The third-order valence-electron chi connectivity index (χ3n) is 5.37. The van der Waals surface area contributed by atoms with Gasteiger partial charge in [0.05, 0.1) is 12.0 Å². The van der Waals surface area contributed by atoms with Crippen molar-refractivity contribution >= 4 is 29.1 Å². The van der Waals surface area contributed by atoms with Crippen molar-refractivity contribution in [2.75, 3.05) is 26.2 Å². The number of nitrogens with zero attached hydrogens (tertiary/aromatic N) is 1. The summed E-state index contributed by atoms with van der Waals surface area (Å²) in [6.45, 7) is 2.47. The minimum atomic E-state index is -0.495. The zero-order valence-electron chi connectivity index (χ0n) is 13.9. The molecule has 0 aromatic heterocycles. The molecule has 1 N–H and O–H groups in total. The second-order valence-corrected chi connectivity index (χ2v) is 8.24. The molecular weight excluding hydrogens is 354 g/mol. The van der Waals surface area contributed by atoms with Crippen LogP contribution in [0.4, 0.5) is 0 Å². The number of carbonyl (C=O) groups is 1. The van der Waals surface area contributed by atoms with Crippen LogP contribution in [0.2, 0.25) is 5.02 Å². The Morgan fingerprint density at radius 1 is 1.12 bits per heavy atom. The van der Waals surface area contributed by atoms with Crippen LogP contribution in [0.25, 0.3) is 0 Å². The number of carbonyl (C=O) groups excluding carboxylic acids is 1. The molecule has 130 valence electrons. The minimum Gasteiger partial charge on any atom is -0.395 e. The molecule has 1 fully saturated rings. The van der Waals surface area contributed by atoms with E-state index in [-0.39, 0.29) is 12.4 Å². The molecule has 1 spiro atoms. The molecule has 2 heterocycles. The van der Waals surface area contributed by atoms with E-state index in [2.05, 4.69) is 17.0 Å². The summed E-state index contributed by atoms with van der Waals surface area (Å²) in [4.78, 5) is 18.0. The lowest BCUT2D eigenvalue weighted by Crippen LogP contribution is -2.48. The Hall–Kier alpha value is -1.33. The van der Waals surface area contributed by atoms with Crippen molar-refractivity contribution in [2.45, 2.75) is 28.0 Å². The molecule has 25 heavy (non-hydrogen) atoms. The normalized spacial score (nSPS) is 19.4. The summed E-state index contributed by atoms with van der Waals surface area (Å²) in [7, 11) is 0. The Balaban J connectivity index is 1.83. The topological polar surface area (TPSA) is 40.5 Å². The number of rotatable bonds is 2. The van der Waals surface area contributed by atoms with Gasteiger partial charge in [0, 0.05) is 26.9 Å². The lowest BCUT2D eigenvalue weighted by molar-refractivity contribution is 0.0743. The highest BCUT2D eigenvalue weighted by Crippen LogP contribution is 2.49. The molecule has 2 aromatic rings. The van der Waals surface area contributed by atoms with Crippen molar-refractivity contribution in [3.63, 3.8) is 0 Å². The van der Waals surface area contributed by atoms with Crippen molar-refractivity contribution in [1.82, 2.24) is 4.90 Å². The van der Waals surface area contributed by atoms with Gasteiger partial charge in [0.15, 0.2) is 5.78 Å². The van der Waals surface area contributed by atoms with Crippen LogP contribution in [0.3, 0.4) is 0 Å². The van der Waals surface area contributed by atoms with Crippen LogP contribution >= 0.6 is 23.4 Å². The van der Waals surface area contributed by atoms with E-state index in [9.17, 15) is 9.90 Å². The summed E-state index contributed by atoms with van der Waals surface area (Å²) in [5, 5.41) is 9.81. The number of aliphatic hydroxyl groups is 1. The van der Waals surface area contributed by atoms with Gasteiger partial charge in [-0.05, 0) is 55.8 Å². The number of Topliss-reactive ketones (excluding diaryl/α,β-unsaturated/α-hetero) is 1. The van der Waals surface area contributed by atoms with E-state index in [0.29, 0.717) is 11.6 Å². The number of aliphatic hydroxyl groups excluding tert-OH is 1. The highest BCUT2D eigenvalue weighted by atomic mass is 35.5. The number of fused-ring (bicyclic) bond motifs is 3. The summed E-state index contributed by atoms with van der Waals surface area (Å²) in [5.74, 6) is 0.186. The fourth-order valence-electron chi connectivity index (χ4n) is 4.01. The van der Waals surface area contributed by atoms with Crippen molar-refractivity contribution < 1.29 is 9.90 Å². The molecule has 0 atom stereocenters. The van der Waals surface area contributed by atoms with E-state index in [4.69, 9.17) is 11.6 Å². The molecular formula is C20H20ClNO2S. The lowest BCUT2D eigenvalue weighted by Gasteiger charge is -2.41. The van der Waals surface area contributed by atoms with E-state index >= 15 is 0 Å². The zero-order chi connectivity index (χ0) is 17.4. The Morgan fingerprint density at radius 3 is 2.64 bits per heavy atom. The van der Waals surface area contributed by atoms with Gasteiger partial charge < -0.3 is 10.0 Å². The van der Waals surface area contributed by atoms with Crippen LogP contribution in [0, 0.1) is 0 Å².